The van der Waals surface area contributed by atoms with Crippen molar-refractivity contribution in [1.82, 2.24) is 4.90 Å². The van der Waals surface area contributed by atoms with E-state index in [0.29, 0.717) is 36.4 Å². The maximum Gasteiger partial charge on any atom is 0.416 e. The normalized spacial score (nSPS) is 13.3. The van der Waals surface area contributed by atoms with Crippen molar-refractivity contribution in [1.29, 1.82) is 0 Å². The van der Waals surface area contributed by atoms with Gasteiger partial charge in [0.25, 0.3) is 5.91 Å². The molecule has 0 saturated heterocycles. The average molecular weight is 510 g/mol. The van der Waals surface area contributed by atoms with Crippen LogP contribution in [0.3, 0.4) is 0 Å². The molecule has 3 aromatic rings. The molecule has 192 valence electrons. The Morgan fingerprint density at radius 1 is 0.946 bits per heavy atom. The predicted molar refractivity (Wildman–Crippen MR) is 132 cm³/mol. The van der Waals surface area contributed by atoms with Gasteiger partial charge in [0.1, 0.15) is 5.75 Å². The molecule has 0 bridgehead atoms. The summed E-state index contributed by atoms with van der Waals surface area (Å²) in [6, 6.07) is 16.3. The molecule has 0 spiro atoms. The number of fused-ring (bicyclic) bond motifs is 1. The summed E-state index contributed by atoms with van der Waals surface area (Å²) in [6.45, 7) is 4.48. The third-order valence-electron chi connectivity index (χ3n) is 6.19. The van der Waals surface area contributed by atoms with E-state index in [1.807, 2.05) is 13.8 Å². The zero-order chi connectivity index (χ0) is 26.7. The Balaban J connectivity index is 1.48. The van der Waals surface area contributed by atoms with Gasteiger partial charge in [0.15, 0.2) is 0 Å². The monoisotopic (exact) mass is 509 g/mol. The van der Waals surface area contributed by atoms with Gasteiger partial charge < -0.3 is 9.64 Å². The number of halogens is 3. The highest BCUT2D eigenvalue weighted by molar-refractivity contribution is 6.36. The molecule has 1 aliphatic rings. The topological polar surface area (TPSA) is 63.7 Å². The first-order valence-electron chi connectivity index (χ1n) is 12.0. The first-order chi connectivity index (χ1) is 17.5. The molecule has 0 radical (unpaired) electrons. The number of nitrogens with zero attached hydrogens (tertiary/aromatic N) is 1. The highest BCUT2D eigenvalue weighted by atomic mass is 19.4. The molecule has 1 aliphatic heterocycles. The maximum absolute atomic E-state index is 13.0. The number of carbonyl (C=O) groups is 3. The molecule has 0 atom stereocenters. The summed E-state index contributed by atoms with van der Waals surface area (Å²) in [5, 5.41) is 0. The van der Waals surface area contributed by atoms with E-state index in [1.54, 1.807) is 47.4 Å². The van der Waals surface area contributed by atoms with Crippen LogP contribution in [0.2, 0.25) is 0 Å². The van der Waals surface area contributed by atoms with E-state index >= 15 is 0 Å². The second kappa shape index (κ2) is 10.6. The summed E-state index contributed by atoms with van der Waals surface area (Å²) >= 11 is 0. The number of amides is 1. The third kappa shape index (κ3) is 6.07. The molecule has 37 heavy (non-hydrogen) atoms. The van der Waals surface area contributed by atoms with Crippen molar-refractivity contribution in [2.24, 2.45) is 5.92 Å². The van der Waals surface area contributed by atoms with E-state index in [2.05, 4.69) is 0 Å². The second-order valence-electron chi connectivity index (χ2n) is 9.44. The van der Waals surface area contributed by atoms with Crippen molar-refractivity contribution >= 4 is 17.7 Å². The van der Waals surface area contributed by atoms with Crippen LogP contribution in [-0.2, 0) is 28.7 Å². The lowest BCUT2D eigenvalue weighted by molar-refractivity contribution is -0.145. The van der Waals surface area contributed by atoms with Gasteiger partial charge in [-0.1, -0.05) is 50.2 Å². The summed E-state index contributed by atoms with van der Waals surface area (Å²) < 4.78 is 44.4. The number of ether oxygens (including phenoxy) is 1. The molecule has 5 nitrogen and oxygen atoms in total. The van der Waals surface area contributed by atoms with E-state index < -0.39 is 29.4 Å². The Morgan fingerprint density at radius 3 is 2.32 bits per heavy atom. The molecule has 0 aromatic heterocycles. The Kier molecular flexibility index (Phi) is 7.47. The number of alkyl halides is 3. The fourth-order valence-electron chi connectivity index (χ4n) is 4.31. The van der Waals surface area contributed by atoms with Crippen molar-refractivity contribution in [3.8, 4) is 16.9 Å². The summed E-state index contributed by atoms with van der Waals surface area (Å²) in [4.78, 5) is 39.2. The van der Waals surface area contributed by atoms with Crippen LogP contribution >= 0.6 is 0 Å². The quantitative estimate of drug-likeness (QED) is 0.229. The molecular weight excluding hydrogens is 483 g/mol. The van der Waals surface area contributed by atoms with Crippen LogP contribution in [0.5, 0.6) is 5.75 Å². The molecule has 0 unspecified atom stereocenters. The van der Waals surface area contributed by atoms with E-state index in [9.17, 15) is 27.6 Å². The van der Waals surface area contributed by atoms with Gasteiger partial charge in [0, 0.05) is 19.5 Å². The first kappa shape index (κ1) is 26.1. The van der Waals surface area contributed by atoms with Crippen molar-refractivity contribution in [3.05, 3.63) is 89.0 Å². The Hall–Kier alpha value is -3.94. The molecule has 0 saturated carbocycles. The minimum Gasteiger partial charge on any atom is -0.423 e. The summed E-state index contributed by atoms with van der Waals surface area (Å²) in [6.07, 6.45) is -3.72. The SMILES string of the molecule is CC(C)CC(=O)C(=O)N1CCc2cc(OC(=O)c3ccccc3-c3ccc(C(F)(F)F)cc3)ccc2C1. The zero-order valence-electron chi connectivity index (χ0n) is 20.5. The maximum atomic E-state index is 13.0. The van der Waals surface area contributed by atoms with Crippen molar-refractivity contribution in [2.45, 2.75) is 39.4 Å². The smallest absolute Gasteiger partial charge is 0.416 e. The molecular formula is C29H26F3NO4. The lowest BCUT2D eigenvalue weighted by Crippen LogP contribution is -2.40. The van der Waals surface area contributed by atoms with Crippen LogP contribution in [0.25, 0.3) is 11.1 Å². The van der Waals surface area contributed by atoms with Gasteiger partial charge in [0.2, 0.25) is 5.78 Å². The molecule has 0 aliphatic carbocycles. The number of hydrogen-bond donors (Lipinski definition) is 0. The van der Waals surface area contributed by atoms with Gasteiger partial charge >= 0.3 is 12.1 Å². The average Bonchev–Trinajstić information content (AvgIpc) is 2.87. The highest BCUT2D eigenvalue weighted by Gasteiger charge is 2.30. The number of ketones is 1. The van der Waals surface area contributed by atoms with Gasteiger partial charge in [-0.25, -0.2) is 4.79 Å². The minimum atomic E-state index is -4.45. The Labute approximate surface area is 212 Å². The lowest BCUT2D eigenvalue weighted by atomic mass is 9.98. The molecule has 0 fully saturated rings. The van der Waals surface area contributed by atoms with Crippen molar-refractivity contribution < 1.29 is 32.3 Å². The molecule has 1 heterocycles. The number of benzene rings is 3. The molecule has 0 N–H and O–H groups in total. The van der Waals surface area contributed by atoms with Crippen molar-refractivity contribution in [2.75, 3.05) is 6.54 Å². The lowest BCUT2D eigenvalue weighted by Gasteiger charge is -2.28. The largest absolute Gasteiger partial charge is 0.423 e. The predicted octanol–water partition coefficient (Wildman–Crippen LogP) is 6.09. The number of Topliss-reactive ketones (excluding diaryl/α,β-unsaturated/α-hetero) is 1. The van der Waals surface area contributed by atoms with E-state index in [-0.39, 0.29) is 17.9 Å². The number of rotatable bonds is 6. The van der Waals surface area contributed by atoms with E-state index in [1.165, 1.54) is 12.1 Å². The highest BCUT2D eigenvalue weighted by Crippen LogP contribution is 2.32. The van der Waals surface area contributed by atoms with Gasteiger partial charge in [-0.15, -0.1) is 0 Å². The molecule has 4 rings (SSSR count). The fraction of sp³-hybridized carbons (Fsp3) is 0.276. The molecule has 1 amide bonds. The van der Waals surface area contributed by atoms with Crippen LogP contribution in [0, 0.1) is 5.92 Å². The van der Waals surface area contributed by atoms with Gasteiger partial charge in [-0.3, -0.25) is 9.59 Å². The summed E-state index contributed by atoms with van der Waals surface area (Å²) in [5.41, 5.74) is 2.17. The third-order valence-corrected chi connectivity index (χ3v) is 6.19. The molecule has 3 aromatic carbocycles. The minimum absolute atomic E-state index is 0.107. The second-order valence-corrected chi connectivity index (χ2v) is 9.44. The fourth-order valence-corrected chi connectivity index (χ4v) is 4.31. The Bertz CT molecular complexity index is 1330. The number of esters is 1. The van der Waals surface area contributed by atoms with E-state index in [0.717, 1.165) is 23.3 Å². The summed E-state index contributed by atoms with van der Waals surface area (Å²) in [7, 11) is 0. The van der Waals surface area contributed by atoms with Crippen molar-refractivity contribution in [3.63, 3.8) is 0 Å². The first-order valence-corrected chi connectivity index (χ1v) is 12.0. The van der Waals surface area contributed by atoms with Crippen LogP contribution in [-0.4, -0.2) is 29.1 Å². The number of carbonyl (C=O) groups excluding carboxylic acids is 3. The van der Waals surface area contributed by atoms with Crippen LogP contribution in [0.1, 0.15) is 47.3 Å². The summed E-state index contributed by atoms with van der Waals surface area (Å²) in [5.74, 6) is -1.08. The van der Waals surface area contributed by atoms with Crippen LogP contribution in [0.15, 0.2) is 66.7 Å². The van der Waals surface area contributed by atoms with Crippen LogP contribution < -0.4 is 4.74 Å². The van der Waals surface area contributed by atoms with Gasteiger partial charge in [0.05, 0.1) is 11.1 Å². The zero-order valence-corrected chi connectivity index (χ0v) is 20.5. The number of hydrogen-bond acceptors (Lipinski definition) is 4. The Morgan fingerprint density at radius 2 is 1.65 bits per heavy atom. The standard InChI is InChI=1S/C29H26F3NO4/c1-18(2)15-26(34)27(35)33-14-13-20-16-23(12-9-21(20)17-33)37-28(36)25-6-4-3-5-24(25)19-7-10-22(11-8-19)29(30,31)32/h3-12,16,18H,13-15,17H2,1-2H3. The van der Waals surface area contributed by atoms with E-state index in [4.69, 9.17) is 4.74 Å². The van der Waals surface area contributed by atoms with Crippen LogP contribution in [0.4, 0.5) is 13.2 Å². The molecule has 8 heteroatoms. The van der Waals surface area contributed by atoms with Gasteiger partial charge in [-0.05, 0) is 64.9 Å². The van der Waals surface area contributed by atoms with Gasteiger partial charge in [-0.2, -0.15) is 13.2 Å².